The fourth-order valence-electron chi connectivity index (χ4n) is 5.73. The normalized spacial score (nSPS) is 14.4. The molecular formula is C34H36BrN3O4S. The first-order valence-electron chi connectivity index (χ1n) is 14.5. The molecule has 0 bridgehead atoms. The second-order valence-electron chi connectivity index (χ2n) is 11.1. The number of anilines is 1. The van der Waals surface area contributed by atoms with Crippen molar-refractivity contribution in [1.82, 2.24) is 10.2 Å². The van der Waals surface area contributed by atoms with Crippen LogP contribution >= 0.6 is 15.9 Å². The van der Waals surface area contributed by atoms with E-state index in [1.165, 1.54) is 0 Å². The number of fused-ring (bicyclic) bond motifs is 1. The Kier molecular flexibility index (Phi) is 9.82. The van der Waals surface area contributed by atoms with E-state index in [0.29, 0.717) is 12.1 Å². The van der Waals surface area contributed by atoms with Gasteiger partial charge in [0.15, 0.2) is 0 Å². The van der Waals surface area contributed by atoms with Gasteiger partial charge in [-0.05, 0) is 47.6 Å². The maximum atomic E-state index is 14.4. The lowest BCUT2D eigenvalue weighted by atomic mass is 10.0. The molecule has 1 aliphatic carbocycles. The van der Waals surface area contributed by atoms with E-state index in [2.05, 4.69) is 21.2 Å². The molecule has 1 aliphatic rings. The van der Waals surface area contributed by atoms with Gasteiger partial charge in [0.1, 0.15) is 12.6 Å². The summed E-state index contributed by atoms with van der Waals surface area (Å²) in [5.74, 6) is -0.680. The molecule has 0 heterocycles. The lowest BCUT2D eigenvalue weighted by molar-refractivity contribution is -0.140. The SMILES string of the molecule is CS(=O)(=O)N(CC(=O)N(Cc1ccc(Br)cc1)[C@@H](Cc1ccccc1)C(=O)NC1CCCC1)c1cccc2ccccc12. The average Bonchev–Trinajstić information content (AvgIpc) is 3.51. The molecule has 0 aliphatic heterocycles. The van der Waals surface area contributed by atoms with E-state index in [1.54, 1.807) is 17.0 Å². The topological polar surface area (TPSA) is 86.8 Å². The van der Waals surface area contributed by atoms with Crippen molar-refractivity contribution >= 4 is 54.2 Å². The van der Waals surface area contributed by atoms with Crippen molar-refractivity contribution in [2.75, 3.05) is 17.1 Å². The van der Waals surface area contributed by atoms with Gasteiger partial charge in [-0.15, -0.1) is 0 Å². The summed E-state index contributed by atoms with van der Waals surface area (Å²) >= 11 is 3.47. The fourth-order valence-corrected chi connectivity index (χ4v) is 6.85. The molecule has 1 saturated carbocycles. The van der Waals surface area contributed by atoms with Crippen LogP contribution in [0, 0.1) is 0 Å². The van der Waals surface area contributed by atoms with E-state index in [0.717, 1.165) is 62.6 Å². The lowest BCUT2D eigenvalue weighted by Gasteiger charge is -2.34. The van der Waals surface area contributed by atoms with Crippen LogP contribution < -0.4 is 9.62 Å². The van der Waals surface area contributed by atoms with E-state index in [9.17, 15) is 18.0 Å². The van der Waals surface area contributed by atoms with Gasteiger partial charge in [-0.3, -0.25) is 13.9 Å². The van der Waals surface area contributed by atoms with Gasteiger partial charge >= 0.3 is 0 Å². The predicted molar refractivity (Wildman–Crippen MR) is 175 cm³/mol. The van der Waals surface area contributed by atoms with E-state index in [4.69, 9.17) is 0 Å². The summed E-state index contributed by atoms with van der Waals surface area (Å²) in [4.78, 5) is 29.9. The molecule has 4 aromatic carbocycles. The summed E-state index contributed by atoms with van der Waals surface area (Å²) in [5, 5.41) is 4.79. The van der Waals surface area contributed by atoms with Crippen LogP contribution in [-0.2, 0) is 32.6 Å². The number of halogens is 1. The monoisotopic (exact) mass is 661 g/mol. The summed E-state index contributed by atoms with van der Waals surface area (Å²) < 4.78 is 28.5. The summed E-state index contributed by atoms with van der Waals surface area (Å²) in [6.45, 7) is -0.291. The third-order valence-corrected chi connectivity index (χ3v) is 9.61. The lowest BCUT2D eigenvalue weighted by Crippen LogP contribution is -2.54. The number of amides is 2. The zero-order chi connectivity index (χ0) is 30.4. The van der Waals surface area contributed by atoms with Gasteiger partial charge in [0, 0.05) is 28.9 Å². The molecule has 1 N–H and O–H groups in total. The van der Waals surface area contributed by atoms with Crippen LogP contribution in [0.15, 0.2) is 102 Å². The standard InChI is InChI=1S/C34H36BrN3O4S/c1-43(41,42)38(31-17-9-13-27-12-5-8-16-30(27)31)24-33(39)37(23-26-18-20-28(35)21-19-26)32(22-25-10-3-2-4-11-25)34(40)36-29-14-6-7-15-29/h2-5,8-13,16-21,29,32H,6-7,14-15,22-24H2,1H3,(H,36,40)/t32-/m0/s1. The Balaban J connectivity index is 1.54. The molecule has 0 radical (unpaired) electrons. The number of carbonyl (C=O) groups is 2. The van der Waals surface area contributed by atoms with Crippen molar-refractivity contribution in [3.63, 3.8) is 0 Å². The largest absolute Gasteiger partial charge is 0.352 e. The molecule has 224 valence electrons. The maximum absolute atomic E-state index is 14.4. The first-order chi connectivity index (χ1) is 20.7. The van der Waals surface area contributed by atoms with Crippen molar-refractivity contribution in [1.29, 1.82) is 0 Å². The Bertz CT molecular complexity index is 1670. The summed E-state index contributed by atoms with van der Waals surface area (Å²) in [6, 6.07) is 29.3. The second kappa shape index (κ2) is 13.7. The second-order valence-corrected chi connectivity index (χ2v) is 13.9. The van der Waals surface area contributed by atoms with Gasteiger partial charge in [-0.2, -0.15) is 0 Å². The molecule has 5 rings (SSSR count). The van der Waals surface area contributed by atoms with E-state index < -0.39 is 28.5 Å². The first kappa shape index (κ1) is 30.8. The maximum Gasteiger partial charge on any atom is 0.244 e. The summed E-state index contributed by atoms with van der Waals surface area (Å²) in [7, 11) is -3.86. The van der Waals surface area contributed by atoms with E-state index >= 15 is 0 Å². The van der Waals surface area contributed by atoms with Gasteiger partial charge in [-0.1, -0.05) is 108 Å². The highest BCUT2D eigenvalue weighted by Crippen LogP contribution is 2.29. The molecule has 0 aromatic heterocycles. The minimum atomic E-state index is -3.86. The number of carbonyl (C=O) groups excluding carboxylic acids is 2. The molecule has 7 nitrogen and oxygen atoms in total. The van der Waals surface area contributed by atoms with Crippen LogP contribution in [0.2, 0.25) is 0 Å². The minimum absolute atomic E-state index is 0.0682. The number of hydrogen-bond acceptors (Lipinski definition) is 4. The first-order valence-corrected chi connectivity index (χ1v) is 17.2. The van der Waals surface area contributed by atoms with Crippen LogP contribution in [0.25, 0.3) is 10.8 Å². The van der Waals surface area contributed by atoms with E-state index in [-0.39, 0.29) is 18.5 Å². The van der Waals surface area contributed by atoms with Gasteiger partial charge in [0.05, 0.1) is 11.9 Å². The van der Waals surface area contributed by atoms with Crippen molar-refractivity contribution < 1.29 is 18.0 Å². The highest BCUT2D eigenvalue weighted by atomic mass is 79.9. The zero-order valence-corrected chi connectivity index (χ0v) is 26.6. The Labute approximate surface area is 262 Å². The van der Waals surface area contributed by atoms with Crippen molar-refractivity contribution in [2.45, 2.75) is 50.7 Å². The number of benzene rings is 4. The van der Waals surface area contributed by atoms with Crippen molar-refractivity contribution in [3.05, 3.63) is 113 Å². The smallest absolute Gasteiger partial charge is 0.244 e. The number of hydrogen-bond donors (Lipinski definition) is 1. The van der Waals surface area contributed by atoms with Gasteiger partial charge in [-0.25, -0.2) is 8.42 Å². The zero-order valence-electron chi connectivity index (χ0n) is 24.2. The summed E-state index contributed by atoms with van der Waals surface area (Å²) in [6.07, 6.45) is 5.35. The van der Waals surface area contributed by atoms with Crippen molar-refractivity contribution in [2.24, 2.45) is 0 Å². The fraction of sp³-hybridized carbons (Fsp3) is 0.294. The van der Waals surface area contributed by atoms with Crippen LogP contribution in [0.1, 0.15) is 36.8 Å². The number of rotatable bonds is 11. The highest BCUT2D eigenvalue weighted by molar-refractivity contribution is 9.10. The van der Waals surface area contributed by atoms with E-state index in [1.807, 2.05) is 84.9 Å². The Morgan fingerprint density at radius 3 is 2.21 bits per heavy atom. The molecule has 0 saturated heterocycles. The molecule has 1 fully saturated rings. The Morgan fingerprint density at radius 2 is 1.51 bits per heavy atom. The Hall–Kier alpha value is -3.69. The summed E-state index contributed by atoms with van der Waals surface area (Å²) in [5.41, 5.74) is 2.17. The third-order valence-electron chi connectivity index (χ3n) is 7.95. The molecule has 0 unspecified atom stereocenters. The van der Waals surface area contributed by atoms with Gasteiger partial charge < -0.3 is 10.2 Å². The average molecular weight is 663 g/mol. The van der Waals surface area contributed by atoms with Crippen LogP contribution in [0.4, 0.5) is 5.69 Å². The van der Waals surface area contributed by atoms with Crippen molar-refractivity contribution in [3.8, 4) is 0 Å². The molecule has 2 amide bonds. The number of sulfonamides is 1. The quantitative estimate of drug-likeness (QED) is 0.212. The molecule has 43 heavy (non-hydrogen) atoms. The molecule has 9 heteroatoms. The minimum Gasteiger partial charge on any atom is -0.352 e. The third kappa shape index (κ3) is 7.83. The van der Waals surface area contributed by atoms with Gasteiger partial charge in [0.2, 0.25) is 21.8 Å². The molecule has 0 spiro atoms. The van der Waals surface area contributed by atoms with Crippen LogP contribution in [-0.4, -0.2) is 50.0 Å². The molecule has 4 aromatic rings. The number of nitrogens with one attached hydrogen (secondary N) is 1. The van der Waals surface area contributed by atoms with Crippen LogP contribution in [0.3, 0.4) is 0 Å². The van der Waals surface area contributed by atoms with Gasteiger partial charge in [0.25, 0.3) is 0 Å². The molecule has 1 atom stereocenters. The highest BCUT2D eigenvalue weighted by Gasteiger charge is 2.34. The predicted octanol–water partition coefficient (Wildman–Crippen LogP) is 6.07. The molecular weight excluding hydrogens is 626 g/mol. The number of nitrogens with zero attached hydrogens (tertiary/aromatic N) is 2. The Morgan fingerprint density at radius 1 is 0.860 bits per heavy atom. The van der Waals surface area contributed by atoms with Crippen LogP contribution in [0.5, 0.6) is 0 Å².